The van der Waals surface area contributed by atoms with E-state index in [1.807, 2.05) is 0 Å². The van der Waals surface area contributed by atoms with Crippen LogP contribution in [0.1, 0.15) is 24.2 Å². The average molecular weight is 257 g/mol. The van der Waals surface area contributed by atoms with Crippen molar-refractivity contribution < 1.29 is 14.4 Å². The topological polar surface area (TPSA) is 54.5 Å². The second-order valence-electron chi connectivity index (χ2n) is 3.65. The molecule has 1 aromatic carbocycles. The van der Waals surface area contributed by atoms with Crippen molar-refractivity contribution >= 4 is 47.0 Å². The van der Waals surface area contributed by atoms with E-state index in [4.69, 9.17) is 0 Å². The van der Waals surface area contributed by atoms with Crippen LogP contribution >= 0.6 is 0 Å². The van der Waals surface area contributed by atoms with Crippen LogP contribution in [0, 0.1) is 0 Å². The van der Waals surface area contributed by atoms with Crippen LogP contribution in [0.3, 0.4) is 0 Å². The van der Waals surface area contributed by atoms with E-state index in [0.717, 1.165) is 0 Å². The van der Waals surface area contributed by atoms with E-state index in [1.165, 1.54) is 11.8 Å². The number of hydrogen-bond acceptors (Lipinski definition) is 3. The van der Waals surface area contributed by atoms with Crippen molar-refractivity contribution in [2.45, 2.75) is 13.8 Å². The molecule has 0 fully saturated rings. The molecule has 0 saturated heterocycles. The predicted octanol–water partition coefficient (Wildman–Crippen LogP) is 0.658. The van der Waals surface area contributed by atoms with Crippen molar-refractivity contribution in [3.8, 4) is 0 Å². The first-order valence-corrected chi connectivity index (χ1v) is 5.44. The molecule has 0 unspecified atom stereocenters. The third-order valence-corrected chi connectivity index (χ3v) is 2.45. The van der Waals surface area contributed by atoms with Crippen molar-refractivity contribution in [2.75, 3.05) is 13.1 Å². The van der Waals surface area contributed by atoms with E-state index in [2.05, 4.69) is 0 Å². The monoisotopic (exact) mass is 257 g/mol. The Bertz CT molecular complexity index is 431. The Labute approximate surface area is 129 Å². The molecule has 0 bridgehead atoms. The summed E-state index contributed by atoms with van der Waals surface area (Å²) in [6, 6.07) is 8.34. The van der Waals surface area contributed by atoms with Gasteiger partial charge in [-0.25, -0.2) is 0 Å². The Hall–Kier alpha value is -0.970. The van der Waals surface area contributed by atoms with Gasteiger partial charge in [0.1, 0.15) is 0 Å². The molecule has 18 heavy (non-hydrogen) atoms. The van der Waals surface area contributed by atoms with Crippen LogP contribution in [-0.4, -0.2) is 65.0 Å². The van der Waals surface area contributed by atoms with E-state index in [0.29, 0.717) is 12.1 Å². The second-order valence-corrected chi connectivity index (χ2v) is 3.65. The number of hydrogen-bond donors (Lipinski definition) is 0. The summed E-state index contributed by atoms with van der Waals surface area (Å²) in [4.78, 5) is 35.9. The van der Waals surface area contributed by atoms with Gasteiger partial charge in [0.15, 0.2) is 0 Å². The first kappa shape index (κ1) is 17.0. The molecule has 0 heterocycles. The molecule has 5 heteroatoms. The molecule has 4 nitrogen and oxygen atoms in total. The predicted molar refractivity (Wildman–Crippen MR) is 70.9 cm³/mol. The van der Waals surface area contributed by atoms with Gasteiger partial charge in [0.05, 0.1) is 6.54 Å². The molecule has 1 rings (SSSR count). The molecule has 0 saturated carbocycles. The molecule has 0 aliphatic heterocycles. The molecule has 0 spiro atoms. The van der Waals surface area contributed by atoms with Crippen LogP contribution in [0.15, 0.2) is 30.3 Å². The van der Waals surface area contributed by atoms with Crippen LogP contribution in [0.5, 0.6) is 0 Å². The standard InChI is InChI=1S/C13H15NO3.Na.H/c1-3-14(10(2)15)9-12(16)13(17)11-7-5-4-6-8-11;;/h4-8H,3,9H2,1-2H3;;. The van der Waals surface area contributed by atoms with Crippen molar-refractivity contribution in [2.24, 2.45) is 0 Å². The summed E-state index contributed by atoms with van der Waals surface area (Å²) in [5.74, 6) is -1.32. The maximum absolute atomic E-state index is 11.7. The Morgan fingerprint density at radius 3 is 2.11 bits per heavy atom. The molecule has 0 aliphatic rings. The van der Waals surface area contributed by atoms with Crippen molar-refractivity contribution in [3.05, 3.63) is 35.9 Å². The van der Waals surface area contributed by atoms with Gasteiger partial charge >= 0.3 is 29.6 Å². The fourth-order valence-corrected chi connectivity index (χ4v) is 1.44. The van der Waals surface area contributed by atoms with Gasteiger partial charge in [0.25, 0.3) is 0 Å². The number of benzene rings is 1. The minimum absolute atomic E-state index is 0. The number of nitrogens with zero attached hydrogens (tertiary/aromatic N) is 1. The quantitative estimate of drug-likeness (QED) is 0.442. The summed E-state index contributed by atoms with van der Waals surface area (Å²) < 4.78 is 0. The molecule has 0 aliphatic carbocycles. The van der Waals surface area contributed by atoms with Crippen LogP contribution in [0.2, 0.25) is 0 Å². The molecule has 1 amide bonds. The Morgan fingerprint density at radius 2 is 1.67 bits per heavy atom. The van der Waals surface area contributed by atoms with Gasteiger partial charge < -0.3 is 4.90 Å². The molecule has 92 valence electrons. The van der Waals surface area contributed by atoms with Gasteiger partial charge in [0.2, 0.25) is 17.5 Å². The number of carbonyl (C=O) groups excluding carboxylic acids is 3. The average Bonchev–Trinajstić information content (AvgIpc) is 2.35. The molecule has 0 aromatic heterocycles. The fraction of sp³-hybridized carbons (Fsp3) is 0.308. The number of ketones is 2. The SMILES string of the molecule is CCN(CC(=O)C(=O)c1ccccc1)C(C)=O.[NaH]. The van der Waals surface area contributed by atoms with E-state index >= 15 is 0 Å². The number of carbonyl (C=O) groups is 3. The summed E-state index contributed by atoms with van der Waals surface area (Å²) in [5, 5.41) is 0. The van der Waals surface area contributed by atoms with Crippen LogP contribution < -0.4 is 0 Å². The summed E-state index contributed by atoms with van der Waals surface area (Å²) in [5.41, 5.74) is 0.358. The summed E-state index contributed by atoms with van der Waals surface area (Å²) >= 11 is 0. The molecular weight excluding hydrogens is 241 g/mol. The molecular formula is C13H16NNaO3. The third-order valence-electron chi connectivity index (χ3n) is 2.45. The summed E-state index contributed by atoms with van der Waals surface area (Å²) in [6.07, 6.45) is 0. The minimum atomic E-state index is -0.562. The van der Waals surface area contributed by atoms with E-state index < -0.39 is 11.6 Å². The van der Waals surface area contributed by atoms with Crippen LogP contribution in [0.4, 0.5) is 0 Å². The van der Waals surface area contributed by atoms with Crippen molar-refractivity contribution in [1.82, 2.24) is 4.90 Å². The molecule has 0 radical (unpaired) electrons. The number of likely N-dealkylation sites (N-methyl/N-ethyl adjacent to an activating group) is 1. The summed E-state index contributed by atoms with van der Waals surface area (Å²) in [7, 11) is 0. The molecule has 0 N–H and O–H groups in total. The van der Waals surface area contributed by atoms with E-state index in [9.17, 15) is 14.4 Å². The third kappa shape index (κ3) is 4.72. The van der Waals surface area contributed by atoms with Gasteiger partial charge in [-0.05, 0) is 6.92 Å². The zero-order chi connectivity index (χ0) is 12.8. The zero-order valence-electron chi connectivity index (χ0n) is 9.97. The number of amides is 1. The van der Waals surface area contributed by atoms with Gasteiger partial charge in [-0.1, -0.05) is 30.3 Å². The second kappa shape index (κ2) is 8.19. The van der Waals surface area contributed by atoms with Gasteiger partial charge in [-0.3, -0.25) is 14.4 Å². The maximum atomic E-state index is 11.7. The molecule has 1 aromatic rings. The van der Waals surface area contributed by atoms with E-state index in [-0.39, 0.29) is 42.0 Å². The summed E-state index contributed by atoms with van der Waals surface area (Å²) in [6.45, 7) is 3.41. The Kier molecular flexibility index (Phi) is 7.75. The van der Waals surface area contributed by atoms with Gasteiger partial charge in [-0.2, -0.15) is 0 Å². The first-order chi connectivity index (χ1) is 8.06. The number of Topliss-reactive ketones (excluding diaryl/α,β-unsaturated/α-hetero) is 2. The Balaban J connectivity index is 0.00000289. The van der Waals surface area contributed by atoms with Crippen molar-refractivity contribution in [3.63, 3.8) is 0 Å². The zero-order valence-corrected chi connectivity index (χ0v) is 9.97. The fourth-order valence-electron chi connectivity index (χ4n) is 1.44. The van der Waals surface area contributed by atoms with E-state index in [1.54, 1.807) is 37.3 Å². The first-order valence-electron chi connectivity index (χ1n) is 5.44. The Morgan fingerprint density at radius 1 is 1.11 bits per heavy atom. The van der Waals surface area contributed by atoms with Crippen molar-refractivity contribution in [1.29, 1.82) is 0 Å². The van der Waals surface area contributed by atoms with Gasteiger partial charge in [0, 0.05) is 19.0 Å². The number of rotatable bonds is 5. The van der Waals surface area contributed by atoms with Crippen LogP contribution in [0.25, 0.3) is 0 Å². The normalized spacial score (nSPS) is 9.22. The van der Waals surface area contributed by atoms with Gasteiger partial charge in [-0.15, -0.1) is 0 Å². The molecule has 0 atom stereocenters. The van der Waals surface area contributed by atoms with Crippen LogP contribution in [-0.2, 0) is 9.59 Å².